The molecule has 0 saturated heterocycles. The zero-order valence-corrected chi connectivity index (χ0v) is 12.3. The molecule has 21 heavy (non-hydrogen) atoms. The Hall–Kier alpha value is -1.62. The SMILES string of the molecule is CC(NS(=O)(=O)c1cc(F)c(Cl)c(CO)c1)c1nn[nH]n1. The lowest BCUT2D eigenvalue weighted by Crippen LogP contribution is -2.28. The van der Waals surface area contributed by atoms with E-state index in [2.05, 4.69) is 25.3 Å². The van der Waals surface area contributed by atoms with Crippen LogP contribution in [0.3, 0.4) is 0 Å². The van der Waals surface area contributed by atoms with E-state index in [4.69, 9.17) is 16.7 Å². The van der Waals surface area contributed by atoms with E-state index in [1.165, 1.54) is 6.92 Å². The standard InChI is InChI=1S/C10H11ClFN5O3S/c1-5(10-13-16-17-14-10)15-21(19,20)7-2-6(4-18)9(11)8(12)3-7/h2-3,5,15,18H,4H2,1H3,(H,13,14,16,17). The molecule has 0 spiro atoms. The van der Waals surface area contributed by atoms with Crippen LogP contribution in [-0.4, -0.2) is 34.1 Å². The first-order valence-electron chi connectivity index (χ1n) is 5.69. The Kier molecular flexibility index (Phi) is 4.52. The predicted octanol–water partition coefficient (Wildman–Crippen LogP) is 0.524. The topological polar surface area (TPSA) is 121 Å². The minimum absolute atomic E-state index is 0.0238. The van der Waals surface area contributed by atoms with Gasteiger partial charge in [0.1, 0.15) is 5.82 Å². The van der Waals surface area contributed by atoms with Gasteiger partial charge in [0, 0.05) is 5.56 Å². The van der Waals surface area contributed by atoms with Gasteiger partial charge >= 0.3 is 0 Å². The van der Waals surface area contributed by atoms with Gasteiger partial charge in [0.15, 0.2) is 5.82 Å². The van der Waals surface area contributed by atoms with Crippen molar-refractivity contribution in [3.8, 4) is 0 Å². The molecule has 1 aromatic heterocycles. The highest BCUT2D eigenvalue weighted by Crippen LogP contribution is 2.25. The van der Waals surface area contributed by atoms with E-state index in [1.54, 1.807) is 0 Å². The highest BCUT2D eigenvalue weighted by molar-refractivity contribution is 7.89. The first kappa shape index (κ1) is 15.8. The molecule has 1 atom stereocenters. The van der Waals surface area contributed by atoms with Crippen molar-refractivity contribution in [2.75, 3.05) is 0 Å². The summed E-state index contributed by atoms with van der Waals surface area (Å²) in [7, 11) is -4.04. The Balaban J connectivity index is 2.34. The Morgan fingerprint density at radius 1 is 1.52 bits per heavy atom. The molecule has 1 heterocycles. The molecule has 0 saturated carbocycles. The predicted molar refractivity (Wildman–Crippen MR) is 70.2 cm³/mol. The van der Waals surface area contributed by atoms with Crippen molar-refractivity contribution in [1.29, 1.82) is 0 Å². The molecule has 0 aliphatic rings. The van der Waals surface area contributed by atoms with Gasteiger partial charge in [-0.05, 0) is 19.1 Å². The van der Waals surface area contributed by atoms with Crippen LogP contribution in [0.2, 0.25) is 5.02 Å². The number of hydrogen-bond donors (Lipinski definition) is 3. The van der Waals surface area contributed by atoms with Crippen LogP contribution in [0.15, 0.2) is 17.0 Å². The number of aliphatic hydroxyl groups excluding tert-OH is 1. The Morgan fingerprint density at radius 3 is 2.81 bits per heavy atom. The Labute approximate surface area is 124 Å². The minimum atomic E-state index is -4.04. The minimum Gasteiger partial charge on any atom is -0.392 e. The van der Waals surface area contributed by atoms with Crippen molar-refractivity contribution in [2.24, 2.45) is 0 Å². The molecule has 1 aromatic carbocycles. The Morgan fingerprint density at radius 2 is 2.24 bits per heavy atom. The summed E-state index contributed by atoms with van der Waals surface area (Å²) in [6, 6.07) is 1.09. The zero-order valence-electron chi connectivity index (χ0n) is 10.7. The molecule has 114 valence electrons. The van der Waals surface area contributed by atoms with Crippen LogP contribution in [0.4, 0.5) is 4.39 Å². The molecule has 1 unspecified atom stereocenters. The van der Waals surface area contributed by atoms with Crippen LogP contribution in [0.25, 0.3) is 0 Å². The second kappa shape index (κ2) is 6.02. The van der Waals surface area contributed by atoms with Crippen molar-refractivity contribution in [1.82, 2.24) is 25.3 Å². The lowest BCUT2D eigenvalue weighted by molar-refractivity contribution is 0.281. The number of nitrogens with one attached hydrogen (secondary N) is 2. The van der Waals surface area contributed by atoms with E-state index in [-0.39, 0.29) is 21.3 Å². The fraction of sp³-hybridized carbons (Fsp3) is 0.300. The summed E-state index contributed by atoms with van der Waals surface area (Å²) in [6.07, 6.45) is 0. The summed E-state index contributed by atoms with van der Waals surface area (Å²) >= 11 is 5.62. The highest BCUT2D eigenvalue weighted by Gasteiger charge is 2.23. The number of sulfonamides is 1. The molecule has 2 rings (SSSR count). The number of halogens is 2. The van der Waals surface area contributed by atoms with Crippen molar-refractivity contribution < 1.29 is 17.9 Å². The van der Waals surface area contributed by atoms with E-state index in [1.807, 2.05) is 0 Å². The van der Waals surface area contributed by atoms with Gasteiger partial charge in [0.2, 0.25) is 10.0 Å². The second-order valence-electron chi connectivity index (χ2n) is 4.15. The van der Waals surface area contributed by atoms with E-state index in [0.29, 0.717) is 0 Å². The van der Waals surface area contributed by atoms with Gasteiger partial charge in [-0.25, -0.2) is 17.5 Å². The summed E-state index contributed by atoms with van der Waals surface area (Å²) in [5, 5.41) is 21.6. The molecule has 0 aliphatic carbocycles. The summed E-state index contributed by atoms with van der Waals surface area (Å²) in [6.45, 7) is 0.918. The monoisotopic (exact) mass is 335 g/mol. The fourth-order valence-electron chi connectivity index (χ4n) is 1.60. The number of rotatable bonds is 5. The molecular weight excluding hydrogens is 325 g/mol. The molecule has 0 bridgehead atoms. The molecule has 0 aliphatic heterocycles. The summed E-state index contributed by atoms with van der Waals surface area (Å²) < 4.78 is 40.2. The zero-order chi connectivity index (χ0) is 15.6. The number of tetrazole rings is 1. The smallest absolute Gasteiger partial charge is 0.241 e. The average Bonchev–Trinajstić information content (AvgIpc) is 2.95. The fourth-order valence-corrected chi connectivity index (χ4v) is 3.03. The highest BCUT2D eigenvalue weighted by atomic mass is 35.5. The lowest BCUT2D eigenvalue weighted by atomic mass is 10.2. The number of nitrogens with zero attached hydrogens (tertiary/aromatic N) is 3. The van der Waals surface area contributed by atoms with Crippen LogP contribution < -0.4 is 4.72 Å². The number of benzene rings is 1. The lowest BCUT2D eigenvalue weighted by Gasteiger charge is -2.12. The van der Waals surface area contributed by atoms with Crippen molar-refractivity contribution in [3.63, 3.8) is 0 Å². The van der Waals surface area contributed by atoms with Gasteiger partial charge in [-0.3, -0.25) is 0 Å². The van der Waals surface area contributed by atoms with Gasteiger partial charge < -0.3 is 5.11 Å². The van der Waals surface area contributed by atoms with Gasteiger partial charge in [-0.1, -0.05) is 16.8 Å². The molecule has 0 radical (unpaired) electrons. The van der Waals surface area contributed by atoms with E-state index < -0.39 is 28.5 Å². The van der Waals surface area contributed by atoms with Crippen molar-refractivity contribution in [3.05, 3.63) is 34.4 Å². The molecule has 11 heteroatoms. The summed E-state index contributed by atoms with van der Waals surface area (Å²) in [5.74, 6) is -0.800. The molecule has 3 N–H and O–H groups in total. The van der Waals surface area contributed by atoms with Crippen LogP contribution in [0.1, 0.15) is 24.4 Å². The van der Waals surface area contributed by atoms with Crippen LogP contribution >= 0.6 is 11.6 Å². The van der Waals surface area contributed by atoms with Crippen LogP contribution in [-0.2, 0) is 16.6 Å². The molecular formula is C10H11ClFN5O3S. The maximum absolute atomic E-state index is 13.6. The third-order valence-corrected chi connectivity index (χ3v) is 4.58. The second-order valence-corrected chi connectivity index (χ2v) is 6.24. The van der Waals surface area contributed by atoms with Gasteiger partial charge in [-0.15, -0.1) is 10.2 Å². The maximum Gasteiger partial charge on any atom is 0.241 e. The summed E-state index contributed by atoms with van der Waals surface area (Å²) in [5.41, 5.74) is -0.0238. The van der Waals surface area contributed by atoms with E-state index in [0.717, 1.165) is 12.1 Å². The van der Waals surface area contributed by atoms with Crippen molar-refractivity contribution in [2.45, 2.75) is 24.5 Å². The van der Waals surface area contributed by atoms with Crippen molar-refractivity contribution >= 4 is 21.6 Å². The first-order chi connectivity index (χ1) is 9.85. The summed E-state index contributed by atoms with van der Waals surface area (Å²) in [4.78, 5) is -0.358. The quantitative estimate of drug-likeness (QED) is 0.732. The molecule has 0 fully saturated rings. The number of aromatic amines is 1. The third-order valence-electron chi connectivity index (χ3n) is 2.64. The molecule has 0 amide bonds. The van der Waals surface area contributed by atoms with E-state index in [9.17, 15) is 12.8 Å². The number of aromatic nitrogens is 4. The normalized spacial score (nSPS) is 13.3. The molecule has 8 nitrogen and oxygen atoms in total. The van der Waals surface area contributed by atoms with Gasteiger partial charge in [-0.2, -0.15) is 5.21 Å². The van der Waals surface area contributed by atoms with Gasteiger partial charge in [0.05, 0.1) is 22.6 Å². The van der Waals surface area contributed by atoms with Crippen LogP contribution in [0.5, 0.6) is 0 Å². The first-order valence-corrected chi connectivity index (χ1v) is 7.55. The largest absolute Gasteiger partial charge is 0.392 e. The average molecular weight is 336 g/mol. The molecule has 2 aromatic rings. The maximum atomic E-state index is 13.6. The van der Waals surface area contributed by atoms with Crippen LogP contribution in [0, 0.1) is 5.82 Å². The Bertz CT molecular complexity index is 737. The number of aliphatic hydroxyl groups is 1. The van der Waals surface area contributed by atoms with Gasteiger partial charge in [0.25, 0.3) is 0 Å². The number of hydrogen-bond acceptors (Lipinski definition) is 6. The van der Waals surface area contributed by atoms with E-state index >= 15 is 0 Å². The number of H-pyrrole nitrogens is 1. The third kappa shape index (κ3) is 3.35.